The van der Waals surface area contributed by atoms with Crippen LogP contribution in [0, 0.1) is 0 Å². The predicted molar refractivity (Wildman–Crippen MR) is 231 cm³/mol. The fraction of sp³-hybridized carbons (Fsp3) is 0.0400. The van der Waals surface area contributed by atoms with Crippen LogP contribution < -0.4 is 0 Å². The van der Waals surface area contributed by atoms with E-state index in [1.165, 1.54) is 36.9 Å². The van der Waals surface area contributed by atoms with E-state index in [-0.39, 0.29) is 0 Å². The molecule has 0 saturated heterocycles. The summed E-state index contributed by atoms with van der Waals surface area (Å²) in [5.74, 6) is 1.54. The molecule has 10 aromatic rings. The molecule has 4 aromatic heterocycles. The Morgan fingerprint density at radius 2 is 1.42 bits per heavy atom. The van der Waals surface area contributed by atoms with E-state index in [1.54, 1.807) is 0 Å². The first-order chi connectivity index (χ1) is 27.3. The van der Waals surface area contributed by atoms with Crippen molar-refractivity contribution >= 4 is 88.0 Å². The van der Waals surface area contributed by atoms with Crippen molar-refractivity contribution in [1.29, 1.82) is 0 Å². The number of hydrogen-bond donors (Lipinski definition) is 0. The second-order valence-corrected chi connectivity index (χ2v) is 15.5. The molecule has 0 saturated carbocycles. The molecule has 0 unspecified atom stereocenters. The number of thiophene rings is 1. The Morgan fingerprint density at radius 1 is 0.618 bits per heavy atom. The van der Waals surface area contributed by atoms with E-state index in [1.807, 2.05) is 11.3 Å². The zero-order chi connectivity index (χ0) is 36.0. The highest BCUT2D eigenvalue weighted by molar-refractivity contribution is 7.19. The summed E-state index contributed by atoms with van der Waals surface area (Å²) in [6.45, 7) is 0. The number of hydrogen-bond acceptors (Lipinski definition) is 4. The Labute approximate surface area is 320 Å². The van der Waals surface area contributed by atoms with Crippen LogP contribution in [0.4, 0.5) is 0 Å². The molecule has 4 nitrogen and oxygen atoms in total. The van der Waals surface area contributed by atoms with Crippen molar-refractivity contribution in [2.45, 2.75) is 12.8 Å². The van der Waals surface area contributed by atoms with Gasteiger partial charge in [0.15, 0.2) is 0 Å². The molecule has 0 fully saturated rings. The quantitative estimate of drug-likeness (QED) is 0.182. The summed E-state index contributed by atoms with van der Waals surface area (Å²) in [7, 11) is 0. The first kappa shape index (κ1) is 30.6. The lowest BCUT2D eigenvalue weighted by atomic mass is 9.95. The summed E-state index contributed by atoms with van der Waals surface area (Å²) in [6, 6.07) is 41.5. The fourth-order valence-electron chi connectivity index (χ4n) is 8.75. The van der Waals surface area contributed by atoms with E-state index >= 15 is 0 Å². The summed E-state index contributed by atoms with van der Waals surface area (Å²) in [6.07, 6.45) is 19.1. The molecule has 2 aliphatic carbocycles. The lowest BCUT2D eigenvalue weighted by molar-refractivity contribution is 0.603. The molecule has 55 heavy (non-hydrogen) atoms. The Balaban J connectivity index is 1.22. The number of fused-ring (bicyclic) bond motifs is 12. The maximum Gasteiger partial charge on any atom is 0.235 e. The molecule has 0 radical (unpaired) electrons. The van der Waals surface area contributed by atoms with Crippen molar-refractivity contribution in [1.82, 2.24) is 14.5 Å². The lowest BCUT2D eigenvalue weighted by Gasteiger charge is -2.14. The Bertz CT molecular complexity index is 3380. The topological polar surface area (TPSA) is 43.9 Å². The molecule has 258 valence electrons. The van der Waals surface area contributed by atoms with Crippen LogP contribution in [-0.4, -0.2) is 14.5 Å². The minimum Gasteiger partial charge on any atom is -0.456 e. The van der Waals surface area contributed by atoms with E-state index in [0.717, 1.165) is 84.7 Å². The summed E-state index contributed by atoms with van der Waals surface area (Å²) in [5, 5.41) is 8.01. The van der Waals surface area contributed by atoms with Gasteiger partial charge in [-0.15, -0.1) is 11.3 Å². The van der Waals surface area contributed by atoms with Crippen LogP contribution in [0.2, 0.25) is 0 Å². The van der Waals surface area contributed by atoms with E-state index in [4.69, 9.17) is 14.4 Å². The number of allylic oxidation sites excluding steroid dienone is 6. The van der Waals surface area contributed by atoms with E-state index < -0.39 is 0 Å². The second-order valence-electron chi connectivity index (χ2n) is 14.4. The van der Waals surface area contributed by atoms with Gasteiger partial charge in [0.05, 0.1) is 27.6 Å². The first-order valence-electron chi connectivity index (χ1n) is 18.8. The van der Waals surface area contributed by atoms with Gasteiger partial charge in [0.1, 0.15) is 11.3 Å². The SMILES string of the molecule is C1=CCc2sc3ccc(-c4cc5c6c(oc5c5c7ccccc7n(-c7nc(-c8ccc9ccccc9c8)c8ccccc8n7)c45)C=CC=CC6)cc3c2C=C1. The summed E-state index contributed by atoms with van der Waals surface area (Å²) in [5.41, 5.74) is 10.6. The number of furan rings is 1. The zero-order valence-corrected chi connectivity index (χ0v) is 30.5. The summed E-state index contributed by atoms with van der Waals surface area (Å²) in [4.78, 5) is 12.3. The van der Waals surface area contributed by atoms with Gasteiger partial charge in [-0.3, -0.25) is 4.57 Å². The van der Waals surface area contributed by atoms with Crippen LogP contribution in [0.1, 0.15) is 21.8 Å². The van der Waals surface area contributed by atoms with Gasteiger partial charge in [-0.25, -0.2) is 9.97 Å². The third-order valence-electron chi connectivity index (χ3n) is 11.3. The standard InChI is InChI=1S/C50H31N3OS/c1-3-15-34-40-29-38(32-25-26-45-39(28-32)35-16-4-2-6-22-44(35)55-45)48-46(49(40)54-43(34)21-5-1)37-18-10-12-20-42(37)53(48)50-51-41-19-11-9-17-36(41)47(52-50)33-24-23-30-13-7-8-14-31(30)27-33/h1-14,16-21,23-29H,15,22H2. The van der Waals surface area contributed by atoms with Gasteiger partial charge in [0.2, 0.25) is 5.95 Å². The average molecular weight is 722 g/mol. The van der Waals surface area contributed by atoms with Crippen LogP contribution in [0.3, 0.4) is 0 Å². The van der Waals surface area contributed by atoms with Crippen LogP contribution >= 0.6 is 11.3 Å². The molecule has 2 aliphatic rings. The number of nitrogens with zero attached hydrogens (tertiary/aromatic N) is 3. The third-order valence-corrected chi connectivity index (χ3v) is 12.5. The number of aromatic nitrogens is 3. The van der Waals surface area contributed by atoms with Gasteiger partial charge >= 0.3 is 0 Å². The maximum atomic E-state index is 6.89. The Morgan fingerprint density at radius 3 is 2.36 bits per heavy atom. The van der Waals surface area contributed by atoms with E-state index in [0.29, 0.717) is 5.95 Å². The molecular weight excluding hydrogens is 691 g/mol. The Hall–Kier alpha value is -6.82. The van der Waals surface area contributed by atoms with Gasteiger partial charge in [-0.2, -0.15) is 0 Å². The first-order valence-corrected chi connectivity index (χ1v) is 19.6. The van der Waals surface area contributed by atoms with E-state index in [2.05, 4.69) is 168 Å². The molecule has 0 amide bonds. The summed E-state index contributed by atoms with van der Waals surface area (Å²) < 4.78 is 10.5. The monoisotopic (exact) mass is 721 g/mol. The predicted octanol–water partition coefficient (Wildman–Crippen LogP) is 13.4. The van der Waals surface area contributed by atoms with Crippen molar-refractivity contribution in [2.24, 2.45) is 0 Å². The number of rotatable bonds is 3. The molecule has 5 heteroatoms. The molecule has 0 spiro atoms. The fourth-order valence-corrected chi connectivity index (χ4v) is 9.90. The minimum atomic E-state index is 0.629. The highest BCUT2D eigenvalue weighted by Gasteiger charge is 2.26. The highest BCUT2D eigenvalue weighted by Crippen LogP contribution is 2.46. The van der Waals surface area contributed by atoms with Gasteiger partial charge in [0, 0.05) is 54.2 Å². The van der Waals surface area contributed by atoms with Gasteiger partial charge in [-0.05, 0) is 70.8 Å². The minimum absolute atomic E-state index is 0.629. The molecule has 0 N–H and O–H groups in total. The van der Waals surface area contributed by atoms with Gasteiger partial charge in [-0.1, -0.05) is 121 Å². The normalized spacial score (nSPS) is 13.7. The van der Waals surface area contributed by atoms with Crippen LogP contribution in [0.5, 0.6) is 0 Å². The number of benzene rings is 6. The molecule has 4 heterocycles. The van der Waals surface area contributed by atoms with Gasteiger partial charge in [0.25, 0.3) is 0 Å². The molecule has 6 aromatic carbocycles. The highest BCUT2D eigenvalue weighted by atomic mass is 32.1. The molecular formula is C50H31N3OS. The van der Waals surface area contributed by atoms with Crippen molar-refractivity contribution in [2.75, 3.05) is 0 Å². The van der Waals surface area contributed by atoms with Crippen molar-refractivity contribution in [3.05, 3.63) is 173 Å². The average Bonchev–Trinajstić information content (AvgIpc) is 3.72. The van der Waals surface area contributed by atoms with Crippen molar-refractivity contribution < 1.29 is 4.42 Å². The smallest absolute Gasteiger partial charge is 0.235 e. The van der Waals surface area contributed by atoms with Crippen LogP contribution in [0.25, 0.3) is 105 Å². The van der Waals surface area contributed by atoms with Crippen molar-refractivity contribution in [3.8, 4) is 28.3 Å². The largest absolute Gasteiger partial charge is 0.456 e. The van der Waals surface area contributed by atoms with E-state index in [9.17, 15) is 0 Å². The molecule has 0 bridgehead atoms. The molecule has 12 rings (SSSR count). The van der Waals surface area contributed by atoms with Crippen molar-refractivity contribution in [3.63, 3.8) is 0 Å². The maximum absolute atomic E-state index is 6.89. The third kappa shape index (κ3) is 4.63. The zero-order valence-electron chi connectivity index (χ0n) is 29.7. The summed E-state index contributed by atoms with van der Waals surface area (Å²) >= 11 is 1.89. The van der Waals surface area contributed by atoms with Crippen LogP contribution in [-0.2, 0) is 12.8 Å². The lowest BCUT2D eigenvalue weighted by Crippen LogP contribution is -2.04. The molecule has 0 atom stereocenters. The Kier molecular flexibility index (Phi) is 6.59. The number of para-hydroxylation sites is 2. The molecule has 0 aliphatic heterocycles. The second kappa shape index (κ2) is 11.8. The van der Waals surface area contributed by atoms with Gasteiger partial charge < -0.3 is 4.42 Å². The van der Waals surface area contributed by atoms with Crippen LogP contribution in [0.15, 0.2) is 156 Å².